The zero-order chi connectivity index (χ0) is 17.9. The number of carbonyl (C=O) groups excluding carboxylic acids is 1. The van der Waals surface area contributed by atoms with Gasteiger partial charge in [-0.05, 0) is 0 Å². The summed E-state index contributed by atoms with van der Waals surface area (Å²) in [6.07, 6.45) is 10.2. The van der Waals surface area contributed by atoms with Gasteiger partial charge in [0.1, 0.15) is 0 Å². The molecular weight excluding hydrogens is 375 g/mol. The molecule has 25 heavy (non-hydrogen) atoms. The molecule has 0 radical (unpaired) electrons. The molecule has 4 saturated carbocycles. The van der Waals surface area contributed by atoms with Crippen LogP contribution in [0.15, 0.2) is 0 Å². The van der Waals surface area contributed by atoms with E-state index in [0.717, 1.165) is 48.8 Å². The molecule has 0 amide bonds. The Kier molecular flexibility index (Phi) is 4.70. The predicted molar refractivity (Wildman–Crippen MR) is 103 cm³/mol. The summed E-state index contributed by atoms with van der Waals surface area (Å²) in [5, 5.41) is 13.9. The van der Waals surface area contributed by atoms with Gasteiger partial charge in [0, 0.05) is 0 Å². The number of hydrogen-bond donors (Lipinski definition) is 1. The third-order valence-electron chi connectivity index (χ3n) is 9.35. The van der Waals surface area contributed by atoms with Crippen LogP contribution in [0.3, 0.4) is 0 Å². The van der Waals surface area contributed by atoms with E-state index in [4.69, 9.17) is 0 Å². The van der Waals surface area contributed by atoms with Crippen LogP contribution in [0.2, 0.25) is 10.6 Å². The number of carbonyl (C=O) groups is 1. The van der Waals surface area contributed by atoms with Crippen molar-refractivity contribution in [3.05, 3.63) is 0 Å². The number of fused-ring (bicyclic) bond motifs is 5. The topological polar surface area (TPSA) is 37.3 Å². The summed E-state index contributed by atoms with van der Waals surface area (Å²) in [7, 11) is 0. The molecule has 4 aliphatic carbocycles. The van der Waals surface area contributed by atoms with Crippen LogP contribution in [0.1, 0.15) is 78.6 Å². The van der Waals surface area contributed by atoms with Crippen molar-refractivity contribution in [2.45, 2.75) is 94.8 Å². The minimum absolute atomic E-state index is 0.152. The standard InChI is InChI=1S/C22H36O2Se/c1-4-25-14-22(24)12-9-19-17-6-5-15-13-16(23)7-10-20(15,2)18(17)8-11-21(19,22)3/h15,17-19,24H,4-14H2,1-3H3/t15-,17?,18?,19?,20-,21-,22+/m0/s1. The number of Topliss-reactive ketones (excluding diaryl/α,β-unsaturated/α-hetero) is 1. The second-order valence-electron chi connectivity index (χ2n) is 10.1. The Labute approximate surface area is 160 Å². The first-order valence-corrected chi connectivity index (χ1v) is 13.1. The molecule has 7 atom stereocenters. The van der Waals surface area contributed by atoms with Gasteiger partial charge in [0.2, 0.25) is 0 Å². The van der Waals surface area contributed by atoms with E-state index < -0.39 is 0 Å². The first kappa shape index (κ1) is 18.5. The van der Waals surface area contributed by atoms with E-state index >= 15 is 0 Å². The van der Waals surface area contributed by atoms with Gasteiger partial charge in [-0.2, -0.15) is 0 Å². The summed E-state index contributed by atoms with van der Waals surface area (Å²) in [5.41, 5.74) is 0.157. The zero-order valence-corrected chi connectivity index (χ0v) is 18.1. The van der Waals surface area contributed by atoms with E-state index in [1.165, 1.54) is 37.4 Å². The second-order valence-corrected chi connectivity index (χ2v) is 12.7. The molecule has 2 nitrogen and oxygen atoms in total. The number of ketones is 1. The van der Waals surface area contributed by atoms with Gasteiger partial charge in [-0.25, -0.2) is 0 Å². The first-order valence-electron chi connectivity index (χ1n) is 10.7. The molecule has 4 rings (SSSR count). The monoisotopic (exact) mass is 412 g/mol. The molecule has 142 valence electrons. The third-order valence-corrected chi connectivity index (χ3v) is 11.6. The quantitative estimate of drug-likeness (QED) is 0.672. The Hall–Kier alpha value is 0.149. The van der Waals surface area contributed by atoms with Gasteiger partial charge in [-0.15, -0.1) is 0 Å². The second kappa shape index (κ2) is 6.35. The Bertz CT molecular complexity index is 548. The van der Waals surface area contributed by atoms with Crippen molar-refractivity contribution in [3.63, 3.8) is 0 Å². The van der Waals surface area contributed by atoms with Crippen LogP contribution in [0.4, 0.5) is 0 Å². The van der Waals surface area contributed by atoms with Gasteiger partial charge in [0.05, 0.1) is 0 Å². The zero-order valence-electron chi connectivity index (χ0n) is 16.4. The van der Waals surface area contributed by atoms with Crippen molar-refractivity contribution in [2.75, 3.05) is 0 Å². The van der Waals surface area contributed by atoms with Crippen molar-refractivity contribution in [2.24, 2.45) is 34.5 Å². The van der Waals surface area contributed by atoms with Crippen LogP contribution in [0, 0.1) is 34.5 Å². The Balaban J connectivity index is 1.59. The van der Waals surface area contributed by atoms with Gasteiger partial charge in [0.15, 0.2) is 0 Å². The van der Waals surface area contributed by atoms with E-state index in [-0.39, 0.29) is 11.0 Å². The van der Waals surface area contributed by atoms with Crippen molar-refractivity contribution in [3.8, 4) is 0 Å². The van der Waals surface area contributed by atoms with E-state index in [1.54, 1.807) is 0 Å². The Morgan fingerprint density at radius 1 is 1.08 bits per heavy atom. The summed E-state index contributed by atoms with van der Waals surface area (Å²) >= 11 is 0.594. The van der Waals surface area contributed by atoms with Gasteiger partial charge in [-0.3, -0.25) is 0 Å². The molecule has 4 aliphatic rings. The van der Waals surface area contributed by atoms with Crippen molar-refractivity contribution >= 4 is 20.7 Å². The first-order chi connectivity index (χ1) is 11.8. The third kappa shape index (κ3) is 2.63. The van der Waals surface area contributed by atoms with Crippen LogP contribution in [-0.4, -0.2) is 31.4 Å². The van der Waals surface area contributed by atoms with E-state index in [9.17, 15) is 9.90 Å². The van der Waals surface area contributed by atoms with Crippen LogP contribution >= 0.6 is 0 Å². The fourth-order valence-electron chi connectivity index (χ4n) is 7.66. The van der Waals surface area contributed by atoms with E-state index in [0.29, 0.717) is 32.1 Å². The Morgan fingerprint density at radius 3 is 2.60 bits per heavy atom. The summed E-state index contributed by atoms with van der Waals surface area (Å²) in [4.78, 5) is 12.0. The van der Waals surface area contributed by atoms with Gasteiger partial charge in [-0.1, -0.05) is 0 Å². The SMILES string of the molecule is CC[Se]C[C@]1(O)CCC2C3CC[C@H]4CC(=O)CC[C@]4(C)C3CC[C@@]21C. The van der Waals surface area contributed by atoms with E-state index in [2.05, 4.69) is 20.8 Å². The van der Waals surface area contributed by atoms with Crippen LogP contribution in [-0.2, 0) is 4.79 Å². The van der Waals surface area contributed by atoms with Gasteiger partial charge < -0.3 is 0 Å². The molecule has 0 bridgehead atoms. The maximum atomic E-state index is 12.0. The fourth-order valence-corrected chi connectivity index (χ4v) is 9.79. The number of hydrogen-bond acceptors (Lipinski definition) is 2. The fraction of sp³-hybridized carbons (Fsp3) is 0.955. The molecule has 0 aromatic rings. The molecule has 0 aliphatic heterocycles. The molecule has 1 N–H and O–H groups in total. The Morgan fingerprint density at radius 2 is 1.84 bits per heavy atom. The summed E-state index contributed by atoms with van der Waals surface area (Å²) in [5.74, 6) is 3.48. The normalized spacial score (nSPS) is 52.4. The molecular formula is C22H36O2Se. The molecule has 0 aromatic carbocycles. The molecule has 4 fully saturated rings. The number of aliphatic hydroxyl groups is 1. The summed E-state index contributed by atoms with van der Waals surface area (Å²) in [6, 6.07) is 0. The average Bonchev–Trinajstić information content (AvgIpc) is 2.85. The van der Waals surface area contributed by atoms with Gasteiger partial charge in [0.25, 0.3) is 0 Å². The van der Waals surface area contributed by atoms with Crippen molar-refractivity contribution in [1.82, 2.24) is 0 Å². The summed E-state index contributed by atoms with van der Waals surface area (Å²) < 4.78 is 0. The predicted octanol–water partition coefficient (Wildman–Crippen LogP) is 4.89. The molecule has 0 aromatic heterocycles. The van der Waals surface area contributed by atoms with Crippen LogP contribution in [0.25, 0.3) is 0 Å². The summed E-state index contributed by atoms with van der Waals surface area (Å²) in [6.45, 7) is 7.22. The molecule has 0 saturated heterocycles. The molecule has 0 spiro atoms. The minimum atomic E-state index is -0.390. The maximum absolute atomic E-state index is 12.0. The average molecular weight is 411 g/mol. The van der Waals surface area contributed by atoms with Crippen molar-refractivity contribution < 1.29 is 9.90 Å². The van der Waals surface area contributed by atoms with E-state index in [1.807, 2.05) is 0 Å². The molecule has 0 heterocycles. The van der Waals surface area contributed by atoms with Crippen molar-refractivity contribution in [1.29, 1.82) is 0 Å². The molecule has 3 heteroatoms. The van der Waals surface area contributed by atoms with Crippen LogP contribution in [0.5, 0.6) is 0 Å². The van der Waals surface area contributed by atoms with Crippen LogP contribution < -0.4 is 0 Å². The molecule has 3 unspecified atom stereocenters. The van der Waals surface area contributed by atoms with Gasteiger partial charge >= 0.3 is 160 Å². The number of rotatable bonds is 3.